The van der Waals surface area contributed by atoms with E-state index in [1.54, 1.807) is 0 Å². The molecule has 4 heteroatoms. The normalized spacial score (nSPS) is 13.2. The Hall–Kier alpha value is -7.40. The van der Waals surface area contributed by atoms with Gasteiger partial charge in [0.2, 0.25) is 0 Å². The summed E-state index contributed by atoms with van der Waals surface area (Å²) < 4.78 is 16.4. The highest BCUT2D eigenvalue weighted by Gasteiger charge is 2.36. The van der Waals surface area contributed by atoms with Crippen LogP contribution in [-0.2, 0) is 5.41 Å². The summed E-state index contributed by atoms with van der Waals surface area (Å²) in [5.74, 6) is 0. The summed E-state index contributed by atoms with van der Waals surface area (Å²) in [7, 11) is 0. The van der Waals surface area contributed by atoms with Crippen LogP contribution in [0.4, 0.5) is 17.1 Å². The summed E-state index contributed by atoms with van der Waals surface area (Å²) in [5.41, 5.74) is 16.4. The molecule has 0 atom stereocenters. The fraction of sp³-hybridized carbons (Fsp3) is 0.0526. The Balaban J connectivity index is 1.04. The van der Waals surface area contributed by atoms with Crippen LogP contribution in [0, 0.1) is 0 Å². The van der Waals surface area contributed by atoms with Gasteiger partial charge in [0.15, 0.2) is 0 Å². The number of thiophene rings is 1. The molecule has 0 aliphatic heterocycles. The zero-order valence-electron chi connectivity index (χ0n) is 33.6. The summed E-state index contributed by atoms with van der Waals surface area (Å²) in [5, 5.41) is 6.79. The second-order valence-corrected chi connectivity index (χ2v) is 17.9. The van der Waals surface area contributed by atoms with Gasteiger partial charge in [-0.2, -0.15) is 0 Å². The van der Waals surface area contributed by atoms with E-state index in [0.717, 1.165) is 72.1 Å². The highest BCUT2D eigenvalue weighted by molar-refractivity contribution is 7.26. The summed E-state index contributed by atoms with van der Waals surface area (Å²) in [6.07, 6.45) is 0. The van der Waals surface area contributed by atoms with Gasteiger partial charge in [0, 0.05) is 65.4 Å². The van der Waals surface area contributed by atoms with Crippen LogP contribution in [-0.4, -0.2) is 0 Å². The fourth-order valence-corrected chi connectivity index (χ4v) is 11.4. The standard InChI is InChI=1S/C57H37NO2S/c1-57(2)46-19-9-6-15-39(46)40-29-25-36(31-47(40)57)53-54-44-17-7-10-21-49(44)59-51(54)33-45-41-30-28-38(32-50(41)60-55(45)53)58(37-26-23-35(24-27-37)34-13-4-3-5-14-34)48-20-12-18-43-42-16-8-11-22-52(42)61-56(43)48/h3-33H,1-2H3. The lowest BCUT2D eigenvalue weighted by Gasteiger charge is -2.26. The molecule has 3 nitrogen and oxygen atoms in total. The van der Waals surface area contributed by atoms with Crippen LogP contribution >= 0.6 is 11.3 Å². The molecule has 3 aromatic heterocycles. The number of nitrogens with zero attached hydrogens (tertiary/aromatic N) is 1. The maximum absolute atomic E-state index is 7.21. The first-order valence-corrected chi connectivity index (χ1v) is 21.7. The minimum absolute atomic E-state index is 0.143. The molecule has 3 heterocycles. The molecule has 61 heavy (non-hydrogen) atoms. The maximum Gasteiger partial charge on any atom is 0.144 e. The van der Waals surface area contributed by atoms with E-state index in [2.05, 4.69) is 201 Å². The van der Waals surface area contributed by atoms with Crippen molar-refractivity contribution in [1.29, 1.82) is 0 Å². The fourth-order valence-electron chi connectivity index (χ4n) is 10.1. The smallest absolute Gasteiger partial charge is 0.144 e. The van der Waals surface area contributed by atoms with E-state index in [9.17, 15) is 0 Å². The van der Waals surface area contributed by atoms with E-state index < -0.39 is 0 Å². The number of furan rings is 2. The second-order valence-electron chi connectivity index (χ2n) is 16.8. The first-order valence-electron chi connectivity index (χ1n) is 20.9. The predicted molar refractivity (Wildman–Crippen MR) is 257 cm³/mol. The number of anilines is 3. The minimum atomic E-state index is -0.143. The molecule has 0 N–H and O–H groups in total. The van der Waals surface area contributed by atoms with Crippen molar-refractivity contribution < 1.29 is 8.83 Å². The molecule has 288 valence electrons. The lowest BCUT2D eigenvalue weighted by Crippen LogP contribution is -2.14. The van der Waals surface area contributed by atoms with Crippen molar-refractivity contribution in [3.8, 4) is 33.4 Å². The van der Waals surface area contributed by atoms with Crippen LogP contribution in [0.2, 0.25) is 0 Å². The van der Waals surface area contributed by atoms with Crippen molar-refractivity contribution in [3.05, 3.63) is 199 Å². The first kappa shape index (κ1) is 34.5. The Morgan fingerprint density at radius 2 is 1.15 bits per heavy atom. The molecule has 0 bridgehead atoms. The van der Waals surface area contributed by atoms with Gasteiger partial charge in [-0.1, -0.05) is 141 Å². The van der Waals surface area contributed by atoms with Crippen molar-refractivity contribution >= 4 is 92.4 Å². The molecular weight excluding hydrogens is 763 g/mol. The lowest BCUT2D eigenvalue weighted by molar-refractivity contribution is 0.660. The molecule has 12 aromatic rings. The van der Waals surface area contributed by atoms with Crippen molar-refractivity contribution in [2.75, 3.05) is 4.90 Å². The molecule has 9 aromatic carbocycles. The van der Waals surface area contributed by atoms with Gasteiger partial charge in [0.05, 0.1) is 10.4 Å². The molecule has 0 saturated carbocycles. The van der Waals surface area contributed by atoms with E-state index in [-0.39, 0.29) is 5.41 Å². The quantitative estimate of drug-likeness (QED) is 0.174. The van der Waals surface area contributed by atoms with Gasteiger partial charge in [0.1, 0.15) is 22.3 Å². The molecule has 0 spiro atoms. The van der Waals surface area contributed by atoms with Crippen LogP contribution in [0.3, 0.4) is 0 Å². The monoisotopic (exact) mass is 799 g/mol. The van der Waals surface area contributed by atoms with Crippen LogP contribution in [0.5, 0.6) is 0 Å². The topological polar surface area (TPSA) is 29.5 Å². The van der Waals surface area contributed by atoms with Crippen LogP contribution < -0.4 is 4.90 Å². The van der Waals surface area contributed by atoms with Gasteiger partial charge in [-0.3, -0.25) is 0 Å². The molecule has 1 aliphatic carbocycles. The van der Waals surface area contributed by atoms with Gasteiger partial charge in [-0.05, 0) is 93.5 Å². The first-order chi connectivity index (χ1) is 30.0. The lowest BCUT2D eigenvalue weighted by atomic mass is 9.81. The van der Waals surface area contributed by atoms with Crippen LogP contribution in [0.25, 0.3) is 97.4 Å². The molecule has 0 amide bonds. The Labute approximate surface area is 356 Å². The second kappa shape index (κ2) is 12.8. The Kier molecular flexibility index (Phi) is 7.23. The number of hydrogen-bond acceptors (Lipinski definition) is 4. The number of rotatable bonds is 5. The zero-order chi connectivity index (χ0) is 40.4. The predicted octanol–water partition coefficient (Wildman–Crippen LogP) is 17.0. The number of para-hydroxylation sites is 1. The summed E-state index contributed by atoms with van der Waals surface area (Å²) in [4.78, 5) is 2.39. The zero-order valence-corrected chi connectivity index (χ0v) is 34.4. The molecule has 13 rings (SSSR count). The molecule has 0 saturated heterocycles. The molecule has 0 fully saturated rings. The van der Waals surface area contributed by atoms with E-state index in [0.29, 0.717) is 0 Å². The molecule has 1 aliphatic rings. The van der Waals surface area contributed by atoms with Crippen LogP contribution in [0.15, 0.2) is 197 Å². The van der Waals surface area contributed by atoms with Gasteiger partial charge in [0.25, 0.3) is 0 Å². The van der Waals surface area contributed by atoms with Crippen molar-refractivity contribution in [3.63, 3.8) is 0 Å². The number of hydrogen-bond donors (Lipinski definition) is 0. The minimum Gasteiger partial charge on any atom is -0.456 e. The van der Waals surface area contributed by atoms with Crippen molar-refractivity contribution in [2.45, 2.75) is 19.3 Å². The van der Waals surface area contributed by atoms with Gasteiger partial charge < -0.3 is 13.7 Å². The average molecular weight is 800 g/mol. The van der Waals surface area contributed by atoms with Gasteiger partial charge >= 0.3 is 0 Å². The van der Waals surface area contributed by atoms with E-state index >= 15 is 0 Å². The highest BCUT2D eigenvalue weighted by atomic mass is 32.1. The molecule has 0 unspecified atom stereocenters. The van der Waals surface area contributed by atoms with Crippen molar-refractivity contribution in [1.82, 2.24) is 0 Å². The van der Waals surface area contributed by atoms with E-state index in [1.807, 2.05) is 17.4 Å². The molecule has 0 radical (unpaired) electrons. The third-order valence-corrected chi connectivity index (χ3v) is 14.3. The summed E-state index contributed by atoms with van der Waals surface area (Å²) in [6.45, 7) is 4.68. The van der Waals surface area contributed by atoms with Gasteiger partial charge in [-0.15, -0.1) is 11.3 Å². The summed E-state index contributed by atoms with van der Waals surface area (Å²) in [6, 6.07) is 68.0. The SMILES string of the molecule is CC1(C)c2ccccc2-c2ccc(-c3c4oc5cc(N(c6ccc(-c7ccccc7)cc6)c6cccc7c6sc6ccccc67)ccc5c4cc4oc5ccccc5c34)cc21. The van der Waals surface area contributed by atoms with Gasteiger partial charge in [-0.25, -0.2) is 0 Å². The van der Waals surface area contributed by atoms with E-state index in [4.69, 9.17) is 8.83 Å². The largest absolute Gasteiger partial charge is 0.456 e. The van der Waals surface area contributed by atoms with Crippen LogP contribution in [0.1, 0.15) is 25.0 Å². The average Bonchev–Trinajstić information content (AvgIpc) is 4.04. The van der Waals surface area contributed by atoms with Crippen molar-refractivity contribution in [2.24, 2.45) is 0 Å². The molecular formula is C57H37NO2S. The third-order valence-electron chi connectivity index (χ3n) is 13.1. The maximum atomic E-state index is 7.21. The summed E-state index contributed by atoms with van der Waals surface area (Å²) >= 11 is 1.84. The number of fused-ring (bicyclic) bond motifs is 12. The Morgan fingerprint density at radius 3 is 2.03 bits per heavy atom. The Morgan fingerprint density at radius 1 is 0.443 bits per heavy atom. The highest BCUT2D eigenvalue weighted by Crippen LogP contribution is 2.52. The van der Waals surface area contributed by atoms with E-state index in [1.165, 1.54) is 53.6 Å². The number of benzene rings is 9. The Bertz CT molecular complexity index is 3740. The third kappa shape index (κ3) is 5.03.